The van der Waals surface area contributed by atoms with Gasteiger partial charge in [-0.05, 0) is 30.3 Å². The first-order valence-electron chi connectivity index (χ1n) is 7.18. The van der Waals surface area contributed by atoms with Gasteiger partial charge in [-0.25, -0.2) is 4.98 Å². The Kier molecular flexibility index (Phi) is 4.20. The second-order valence-electron chi connectivity index (χ2n) is 5.20. The number of nitrogens with one attached hydrogen (secondary N) is 2. The number of H-pyrrole nitrogens is 1. The number of aromatic nitrogens is 3. The number of benzene rings is 1. The topological polar surface area (TPSA) is 70.7 Å². The summed E-state index contributed by atoms with van der Waals surface area (Å²) in [7, 11) is 0. The van der Waals surface area contributed by atoms with E-state index in [4.69, 9.17) is 0 Å². The Morgan fingerprint density at radius 2 is 2.04 bits per heavy atom. The van der Waals surface area contributed by atoms with Gasteiger partial charge in [0.1, 0.15) is 5.69 Å². The smallest absolute Gasteiger partial charge is 0.337 e. The summed E-state index contributed by atoms with van der Waals surface area (Å²) < 4.78 is 36.4. The lowest BCUT2D eigenvalue weighted by Crippen LogP contribution is -2.16. The molecule has 2 aromatic heterocycles. The number of carbonyl (C=O) groups is 1. The quantitative estimate of drug-likeness (QED) is 0.760. The number of nitrogens with zero attached hydrogens (tertiary/aromatic N) is 2. The zero-order valence-corrected chi connectivity index (χ0v) is 12.4. The maximum absolute atomic E-state index is 12.1. The number of anilines is 1. The summed E-state index contributed by atoms with van der Waals surface area (Å²) in [4.78, 5) is 23.2. The van der Waals surface area contributed by atoms with Crippen molar-refractivity contribution in [3.8, 4) is 11.5 Å². The van der Waals surface area contributed by atoms with Crippen molar-refractivity contribution in [3.63, 3.8) is 0 Å². The third-order valence-electron chi connectivity index (χ3n) is 3.31. The molecule has 5 nitrogen and oxygen atoms in total. The number of hydrogen-bond acceptors (Lipinski definition) is 3. The van der Waals surface area contributed by atoms with Gasteiger partial charge in [0.05, 0.1) is 17.5 Å². The molecule has 8 heteroatoms. The van der Waals surface area contributed by atoms with Gasteiger partial charge in [0, 0.05) is 18.3 Å². The van der Waals surface area contributed by atoms with E-state index >= 15 is 0 Å². The van der Waals surface area contributed by atoms with E-state index in [1.165, 1.54) is 0 Å². The molecule has 3 aromatic rings. The highest BCUT2D eigenvalue weighted by atomic mass is 19.4. The average Bonchev–Trinajstić information content (AvgIpc) is 2.96. The number of amides is 1. The van der Waals surface area contributed by atoms with Gasteiger partial charge in [-0.2, -0.15) is 13.2 Å². The van der Waals surface area contributed by atoms with Crippen LogP contribution in [0.3, 0.4) is 0 Å². The summed E-state index contributed by atoms with van der Waals surface area (Å²) in [5.41, 5.74) is 2.41. The zero-order valence-electron chi connectivity index (χ0n) is 12.4. The highest BCUT2D eigenvalue weighted by molar-refractivity contribution is 5.93. The lowest BCUT2D eigenvalue weighted by molar-refractivity contribution is -0.142. The van der Waals surface area contributed by atoms with Crippen molar-refractivity contribution in [2.24, 2.45) is 0 Å². The average molecular weight is 334 g/mol. The molecule has 0 saturated carbocycles. The molecule has 24 heavy (non-hydrogen) atoms. The third kappa shape index (κ3) is 3.89. The Morgan fingerprint density at radius 3 is 2.75 bits per heavy atom. The number of carbonyl (C=O) groups excluding carboxylic acids is 1. The van der Waals surface area contributed by atoms with E-state index in [1.807, 2.05) is 6.07 Å². The van der Waals surface area contributed by atoms with Crippen LogP contribution in [0.25, 0.3) is 22.6 Å². The number of pyridine rings is 1. The van der Waals surface area contributed by atoms with Crippen LogP contribution in [0.15, 0.2) is 42.6 Å². The molecule has 3 rings (SSSR count). The lowest BCUT2D eigenvalue weighted by Gasteiger charge is -2.07. The second-order valence-corrected chi connectivity index (χ2v) is 5.20. The first-order valence-corrected chi connectivity index (χ1v) is 7.18. The van der Waals surface area contributed by atoms with Crippen LogP contribution in [-0.4, -0.2) is 27.0 Å². The summed E-state index contributed by atoms with van der Waals surface area (Å²) in [5, 5.41) is 2.45. The summed E-state index contributed by atoms with van der Waals surface area (Å²) in [5.74, 6) is -0.109. The maximum atomic E-state index is 12.1. The van der Waals surface area contributed by atoms with Crippen LogP contribution in [0, 0.1) is 0 Å². The van der Waals surface area contributed by atoms with Crippen LogP contribution >= 0.6 is 0 Å². The van der Waals surface area contributed by atoms with Gasteiger partial charge in [0.25, 0.3) is 0 Å². The minimum absolute atomic E-state index is 0.408. The molecule has 0 aliphatic carbocycles. The lowest BCUT2D eigenvalue weighted by atomic mass is 10.2. The normalized spacial score (nSPS) is 11.6. The summed E-state index contributed by atoms with van der Waals surface area (Å²) in [6.45, 7) is 0. The minimum Gasteiger partial charge on any atom is -0.337 e. The van der Waals surface area contributed by atoms with E-state index in [2.05, 4.69) is 20.3 Å². The standard InChI is InChI=1S/C16H13F3N4O/c17-16(18,19)7-6-14(24)21-10-4-5-11-13(9-10)23-15(22-11)12-3-1-2-8-20-12/h1-5,8-9H,6-7H2,(H,21,24)(H,22,23). The molecule has 0 atom stereocenters. The second kappa shape index (κ2) is 6.31. The Bertz CT molecular complexity index is 859. The molecule has 0 unspecified atom stereocenters. The van der Waals surface area contributed by atoms with Crippen molar-refractivity contribution >= 4 is 22.6 Å². The maximum Gasteiger partial charge on any atom is 0.389 e. The van der Waals surface area contributed by atoms with Crippen molar-refractivity contribution in [2.45, 2.75) is 19.0 Å². The number of alkyl halides is 3. The van der Waals surface area contributed by atoms with E-state index in [-0.39, 0.29) is 0 Å². The predicted molar refractivity (Wildman–Crippen MR) is 83.2 cm³/mol. The number of imidazole rings is 1. The molecule has 0 radical (unpaired) electrons. The fraction of sp³-hybridized carbons (Fsp3) is 0.188. The first-order chi connectivity index (χ1) is 11.4. The van der Waals surface area contributed by atoms with E-state index in [9.17, 15) is 18.0 Å². The van der Waals surface area contributed by atoms with Crippen LogP contribution in [0.2, 0.25) is 0 Å². The van der Waals surface area contributed by atoms with Gasteiger partial charge in [0.15, 0.2) is 5.82 Å². The first kappa shape index (κ1) is 16.0. The predicted octanol–water partition coefficient (Wildman–Crippen LogP) is 3.91. The van der Waals surface area contributed by atoms with Crippen LogP contribution in [0.5, 0.6) is 0 Å². The summed E-state index contributed by atoms with van der Waals surface area (Å²) in [6.07, 6.45) is -4.45. The highest BCUT2D eigenvalue weighted by Crippen LogP contribution is 2.23. The van der Waals surface area contributed by atoms with Crippen molar-refractivity contribution in [3.05, 3.63) is 42.6 Å². The Hall–Kier alpha value is -2.90. The molecule has 0 aliphatic heterocycles. The van der Waals surface area contributed by atoms with Crippen LogP contribution in [-0.2, 0) is 4.79 Å². The van der Waals surface area contributed by atoms with E-state index in [1.54, 1.807) is 36.5 Å². The van der Waals surface area contributed by atoms with E-state index < -0.39 is 24.9 Å². The molecule has 1 amide bonds. The van der Waals surface area contributed by atoms with Crippen LogP contribution in [0.4, 0.5) is 18.9 Å². The molecule has 0 aliphatic rings. The Morgan fingerprint density at radius 1 is 1.21 bits per heavy atom. The van der Waals surface area contributed by atoms with Gasteiger partial charge < -0.3 is 10.3 Å². The summed E-state index contributed by atoms with van der Waals surface area (Å²) >= 11 is 0. The molecular weight excluding hydrogens is 321 g/mol. The molecule has 0 saturated heterocycles. The van der Waals surface area contributed by atoms with Crippen molar-refractivity contribution in [1.29, 1.82) is 0 Å². The van der Waals surface area contributed by atoms with Gasteiger partial charge in [-0.3, -0.25) is 9.78 Å². The molecule has 2 heterocycles. The summed E-state index contributed by atoms with van der Waals surface area (Å²) in [6, 6.07) is 10.3. The van der Waals surface area contributed by atoms with Crippen LogP contribution in [0.1, 0.15) is 12.8 Å². The zero-order chi connectivity index (χ0) is 17.2. The fourth-order valence-electron chi connectivity index (χ4n) is 2.19. The Labute approximate surface area is 134 Å². The molecule has 1 aromatic carbocycles. The van der Waals surface area contributed by atoms with E-state index in [0.717, 1.165) is 0 Å². The molecular formula is C16H13F3N4O. The van der Waals surface area contributed by atoms with Crippen molar-refractivity contribution < 1.29 is 18.0 Å². The van der Waals surface area contributed by atoms with Crippen LogP contribution < -0.4 is 5.32 Å². The number of rotatable bonds is 4. The number of halogens is 3. The van der Waals surface area contributed by atoms with Gasteiger partial charge in [-0.15, -0.1) is 0 Å². The molecule has 0 bridgehead atoms. The Balaban J connectivity index is 1.75. The number of fused-ring (bicyclic) bond motifs is 1. The molecule has 0 fully saturated rings. The van der Waals surface area contributed by atoms with Gasteiger partial charge in [-0.1, -0.05) is 6.07 Å². The molecule has 124 valence electrons. The van der Waals surface area contributed by atoms with Gasteiger partial charge >= 0.3 is 6.18 Å². The SMILES string of the molecule is O=C(CCC(F)(F)F)Nc1ccc2nc(-c3ccccn3)[nH]c2c1. The minimum atomic E-state index is -4.34. The van der Waals surface area contributed by atoms with E-state index in [0.29, 0.717) is 28.2 Å². The number of aromatic amines is 1. The van der Waals surface area contributed by atoms with Gasteiger partial charge in [0.2, 0.25) is 5.91 Å². The molecule has 2 N–H and O–H groups in total. The van der Waals surface area contributed by atoms with Crippen molar-refractivity contribution in [2.75, 3.05) is 5.32 Å². The highest BCUT2D eigenvalue weighted by Gasteiger charge is 2.27. The van der Waals surface area contributed by atoms with Crippen molar-refractivity contribution in [1.82, 2.24) is 15.0 Å². The third-order valence-corrected chi connectivity index (χ3v) is 3.31. The number of hydrogen-bond donors (Lipinski definition) is 2. The molecule has 0 spiro atoms. The largest absolute Gasteiger partial charge is 0.389 e. The monoisotopic (exact) mass is 334 g/mol. The fourth-order valence-corrected chi connectivity index (χ4v) is 2.19.